The van der Waals surface area contributed by atoms with Crippen molar-refractivity contribution < 1.29 is 14.7 Å². The summed E-state index contributed by atoms with van der Waals surface area (Å²) in [5.74, 6) is -1.14. The maximum absolute atomic E-state index is 12.1. The van der Waals surface area contributed by atoms with E-state index in [1.54, 1.807) is 4.57 Å². The van der Waals surface area contributed by atoms with Gasteiger partial charge >= 0.3 is 10.8 Å². The molecule has 1 aliphatic heterocycles. The molecule has 1 aromatic rings. The molecule has 1 aromatic heterocycles. The van der Waals surface area contributed by atoms with Crippen molar-refractivity contribution in [3.63, 3.8) is 0 Å². The fourth-order valence-electron chi connectivity index (χ4n) is 2.52. The van der Waals surface area contributed by atoms with Crippen molar-refractivity contribution in [2.45, 2.75) is 45.7 Å². The molecule has 0 unspecified atom stereocenters. The van der Waals surface area contributed by atoms with E-state index in [0.717, 1.165) is 17.0 Å². The monoisotopic (exact) mass is 298 g/mol. The highest BCUT2D eigenvalue weighted by molar-refractivity contribution is 7.09. The van der Waals surface area contributed by atoms with Gasteiger partial charge in [-0.1, -0.05) is 11.3 Å². The zero-order chi connectivity index (χ0) is 14.9. The van der Waals surface area contributed by atoms with Crippen LogP contribution < -0.4 is 4.87 Å². The van der Waals surface area contributed by atoms with Gasteiger partial charge in [0.25, 0.3) is 0 Å². The summed E-state index contributed by atoms with van der Waals surface area (Å²) in [5.41, 5.74) is 0.879. The van der Waals surface area contributed by atoms with Gasteiger partial charge in [-0.2, -0.15) is 0 Å². The van der Waals surface area contributed by atoms with E-state index in [9.17, 15) is 14.4 Å². The lowest BCUT2D eigenvalue weighted by Gasteiger charge is -2.21. The number of hydrogen-bond acceptors (Lipinski definition) is 4. The Kier molecular flexibility index (Phi) is 4.27. The number of carboxylic acid groups (broad SMARTS) is 1. The number of nitrogens with zero attached hydrogens (tertiary/aromatic N) is 2. The largest absolute Gasteiger partial charge is 0.480 e. The van der Waals surface area contributed by atoms with Crippen LogP contribution in [0, 0.1) is 13.8 Å². The van der Waals surface area contributed by atoms with Crippen molar-refractivity contribution in [1.29, 1.82) is 0 Å². The zero-order valence-electron chi connectivity index (χ0n) is 11.6. The van der Waals surface area contributed by atoms with E-state index in [0.29, 0.717) is 19.5 Å². The number of aryl methyl sites for hydroxylation is 1. The number of hydrogen-bond donors (Lipinski definition) is 1. The maximum Gasteiger partial charge on any atom is 0.326 e. The first-order valence-corrected chi connectivity index (χ1v) is 7.42. The van der Waals surface area contributed by atoms with Crippen LogP contribution in [0.2, 0.25) is 0 Å². The Bertz CT molecular complexity index is 590. The van der Waals surface area contributed by atoms with Crippen molar-refractivity contribution in [2.75, 3.05) is 6.54 Å². The lowest BCUT2D eigenvalue weighted by Crippen LogP contribution is -2.40. The molecule has 6 nitrogen and oxygen atoms in total. The summed E-state index contributed by atoms with van der Waals surface area (Å²) in [6.45, 7) is 4.54. The summed E-state index contributed by atoms with van der Waals surface area (Å²) in [5, 5.41) is 9.06. The van der Waals surface area contributed by atoms with Gasteiger partial charge in [0.05, 0.1) is 0 Å². The van der Waals surface area contributed by atoms with Crippen LogP contribution in [0.5, 0.6) is 0 Å². The van der Waals surface area contributed by atoms with Crippen molar-refractivity contribution in [3.8, 4) is 0 Å². The summed E-state index contributed by atoms with van der Waals surface area (Å²) in [4.78, 5) is 37.2. The van der Waals surface area contributed by atoms with Crippen LogP contribution in [0.4, 0.5) is 0 Å². The van der Waals surface area contributed by atoms with E-state index < -0.39 is 12.0 Å². The molecule has 110 valence electrons. The first kappa shape index (κ1) is 14.8. The predicted octanol–water partition coefficient (Wildman–Crippen LogP) is 0.992. The number of aromatic nitrogens is 1. The predicted molar refractivity (Wildman–Crippen MR) is 75.0 cm³/mol. The zero-order valence-corrected chi connectivity index (χ0v) is 12.4. The summed E-state index contributed by atoms with van der Waals surface area (Å²) in [6.07, 6.45) is 1.40. The molecule has 0 radical (unpaired) electrons. The van der Waals surface area contributed by atoms with Crippen LogP contribution in [-0.2, 0) is 16.1 Å². The van der Waals surface area contributed by atoms with Crippen LogP contribution in [0.1, 0.15) is 29.8 Å². The summed E-state index contributed by atoms with van der Waals surface area (Å²) < 4.78 is 1.59. The normalized spacial score (nSPS) is 18.5. The fraction of sp³-hybridized carbons (Fsp3) is 0.615. The molecular weight excluding hydrogens is 280 g/mol. The van der Waals surface area contributed by atoms with Crippen LogP contribution in [0.25, 0.3) is 0 Å². The van der Waals surface area contributed by atoms with Crippen LogP contribution in [0.15, 0.2) is 4.79 Å². The highest BCUT2D eigenvalue weighted by Gasteiger charge is 2.33. The maximum atomic E-state index is 12.1. The smallest absolute Gasteiger partial charge is 0.326 e. The molecule has 2 rings (SSSR count). The standard InChI is InChI=1S/C13H18N2O4S/c1-8-9(2)20-13(19)14(8)7-5-11(16)15-6-3-4-10(15)12(17)18/h10H,3-7H2,1-2H3,(H,17,18)/t10-/m1/s1. The number of amides is 1. The van der Waals surface area contributed by atoms with Crippen molar-refractivity contribution in [1.82, 2.24) is 9.47 Å². The number of likely N-dealkylation sites (tertiary alicyclic amines) is 1. The second-order valence-electron chi connectivity index (χ2n) is 4.99. The SMILES string of the molecule is Cc1sc(=O)n(CCC(=O)N2CCC[C@@H]2C(=O)O)c1C. The lowest BCUT2D eigenvalue weighted by molar-refractivity contribution is -0.148. The molecule has 1 atom stereocenters. The van der Waals surface area contributed by atoms with Gasteiger partial charge in [0, 0.05) is 30.1 Å². The Morgan fingerprint density at radius 2 is 2.10 bits per heavy atom. The van der Waals surface area contributed by atoms with E-state index in [4.69, 9.17) is 5.11 Å². The first-order chi connectivity index (χ1) is 9.41. The van der Waals surface area contributed by atoms with Gasteiger partial charge in [0.15, 0.2) is 0 Å². The molecule has 1 aliphatic rings. The van der Waals surface area contributed by atoms with Gasteiger partial charge in [0.1, 0.15) is 6.04 Å². The van der Waals surface area contributed by atoms with E-state index in [-0.39, 0.29) is 17.2 Å². The van der Waals surface area contributed by atoms with Crippen LogP contribution in [0.3, 0.4) is 0 Å². The minimum Gasteiger partial charge on any atom is -0.480 e. The quantitative estimate of drug-likeness (QED) is 0.899. The molecule has 20 heavy (non-hydrogen) atoms. The minimum absolute atomic E-state index is 0.0657. The van der Waals surface area contributed by atoms with Gasteiger partial charge in [0.2, 0.25) is 5.91 Å². The van der Waals surface area contributed by atoms with Crippen LogP contribution in [-0.4, -0.2) is 39.0 Å². The number of aliphatic carboxylic acids is 1. The van der Waals surface area contributed by atoms with Gasteiger partial charge in [-0.25, -0.2) is 4.79 Å². The van der Waals surface area contributed by atoms with Gasteiger partial charge in [-0.15, -0.1) is 0 Å². The molecule has 0 saturated carbocycles. The van der Waals surface area contributed by atoms with Crippen LogP contribution >= 0.6 is 11.3 Å². The molecule has 7 heteroatoms. The van der Waals surface area contributed by atoms with Crippen molar-refractivity contribution in [3.05, 3.63) is 20.2 Å². The molecule has 0 aliphatic carbocycles. The minimum atomic E-state index is -0.949. The molecule has 1 fully saturated rings. The Labute approximate surface area is 120 Å². The summed E-state index contributed by atoms with van der Waals surface area (Å²) in [6, 6.07) is -0.704. The number of carboxylic acids is 1. The second-order valence-corrected chi connectivity index (χ2v) is 6.16. The fourth-order valence-corrected chi connectivity index (χ4v) is 3.38. The van der Waals surface area contributed by atoms with Gasteiger partial charge < -0.3 is 14.6 Å². The third kappa shape index (κ3) is 2.77. The molecule has 0 aromatic carbocycles. The van der Waals surface area contributed by atoms with Gasteiger partial charge in [-0.05, 0) is 26.7 Å². The topological polar surface area (TPSA) is 79.6 Å². The molecule has 0 spiro atoms. The lowest BCUT2D eigenvalue weighted by atomic mass is 10.2. The number of rotatable bonds is 4. The highest BCUT2D eigenvalue weighted by Crippen LogP contribution is 2.19. The number of thiazole rings is 1. The van der Waals surface area contributed by atoms with E-state index in [2.05, 4.69) is 0 Å². The Morgan fingerprint density at radius 1 is 1.40 bits per heavy atom. The molecule has 1 N–H and O–H groups in total. The number of carbonyl (C=O) groups excluding carboxylic acids is 1. The van der Waals surface area contributed by atoms with E-state index in [1.165, 1.54) is 16.2 Å². The third-order valence-corrected chi connectivity index (χ3v) is 4.78. The third-order valence-electron chi connectivity index (χ3n) is 3.78. The highest BCUT2D eigenvalue weighted by atomic mass is 32.1. The molecule has 1 amide bonds. The van der Waals surface area contributed by atoms with Crippen molar-refractivity contribution >= 4 is 23.2 Å². The Hall–Kier alpha value is -1.63. The van der Waals surface area contributed by atoms with E-state index in [1.807, 2.05) is 13.8 Å². The Morgan fingerprint density at radius 3 is 2.65 bits per heavy atom. The molecule has 2 heterocycles. The first-order valence-electron chi connectivity index (χ1n) is 6.61. The van der Waals surface area contributed by atoms with Gasteiger partial charge in [-0.3, -0.25) is 9.59 Å². The van der Waals surface area contributed by atoms with Crippen molar-refractivity contribution in [2.24, 2.45) is 0 Å². The molecule has 0 bridgehead atoms. The summed E-state index contributed by atoms with van der Waals surface area (Å²) >= 11 is 1.17. The average Bonchev–Trinajstić information content (AvgIpc) is 2.95. The molecular formula is C13H18N2O4S. The van der Waals surface area contributed by atoms with E-state index >= 15 is 0 Å². The number of carbonyl (C=O) groups is 2. The molecule has 1 saturated heterocycles. The average molecular weight is 298 g/mol. The Balaban J connectivity index is 2.02. The second kappa shape index (κ2) is 5.78. The summed E-state index contributed by atoms with van der Waals surface area (Å²) in [7, 11) is 0.